The predicted octanol–water partition coefficient (Wildman–Crippen LogP) is 5.13. The summed E-state index contributed by atoms with van der Waals surface area (Å²) < 4.78 is 0. The molecule has 0 radical (unpaired) electrons. The maximum absolute atomic E-state index is 9.24. The highest BCUT2D eigenvalue weighted by molar-refractivity contribution is 4.60. The number of hydrogen-bond acceptors (Lipinski definition) is 5. The van der Waals surface area contributed by atoms with Crippen LogP contribution in [-0.4, -0.2) is 71.4 Å². The van der Waals surface area contributed by atoms with E-state index in [1.807, 2.05) is 0 Å². The third-order valence-corrected chi connectivity index (χ3v) is 6.09. The monoisotopic (exact) mass is 430 g/mol. The summed E-state index contributed by atoms with van der Waals surface area (Å²) in [5, 5.41) is 27.4. The second-order valence-corrected chi connectivity index (χ2v) is 8.90. The van der Waals surface area contributed by atoms with Crippen LogP contribution in [-0.2, 0) is 0 Å². The number of unbranched alkanes of at least 4 members (excludes halogenated alkanes) is 15. The summed E-state index contributed by atoms with van der Waals surface area (Å²) in [5.41, 5.74) is 0. The SMILES string of the molecule is CCCCCCCCCCCCCCCCCCN(CCO)CCCN(CO)CO. The molecule has 0 fully saturated rings. The zero-order valence-corrected chi connectivity index (χ0v) is 20.2. The molecule has 0 bridgehead atoms. The molecule has 0 aromatic carbocycles. The lowest BCUT2D eigenvalue weighted by Crippen LogP contribution is -2.33. The maximum atomic E-state index is 9.24. The van der Waals surface area contributed by atoms with Gasteiger partial charge in [0.2, 0.25) is 0 Å². The molecule has 0 saturated carbocycles. The first-order valence-corrected chi connectivity index (χ1v) is 13.1. The summed E-state index contributed by atoms with van der Waals surface area (Å²) in [7, 11) is 0. The van der Waals surface area contributed by atoms with E-state index in [0.29, 0.717) is 6.54 Å². The molecule has 0 aliphatic carbocycles. The van der Waals surface area contributed by atoms with Gasteiger partial charge >= 0.3 is 0 Å². The van der Waals surface area contributed by atoms with Crippen molar-refractivity contribution in [3.8, 4) is 0 Å². The van der Waals surface area contributed by atoms with Crippen LogP contribution in [0.2, 0.25) is 0 Å². The summed E-state index contributed by atoms with van der Waals surface area (Å²) in [6.07, 6.45) is 23.1. The number of hydrogen-bond donors (Lipinski definition) is 3. The highest BCUT2D eigenvalue weighted by Crippen LogP contribution is 2.13. The van der Waals surface area contributed by atoms with E-state index in [4.69, 9.17) is 10.2 Å². The van der Waals surface area contributed by atoms with E-state index < -0.39 is 0 Å². The van der Waals surface area contributed by atoms with Crippen molar-refractivity contribution in [2.24, 2.45) is 0 Å². The standard InChI is InChI=1S/C25H54N2O3/c1-2-3-4-5-6-7-8-9-10-11-12-13-14-15-16-17-19-26(22-23-28)20-18-21-27(24-29)25-30/h28-30H,2-25H2,1H3. The molecule has 0 atom stereocenters. The first-order valence-electron chi connectivity index (χ1n) is 13.1. The molecule has 0 saturated heterocycles. The van der Waals surface area contributed by atoms with Crippen molar-refractivity contribution in [1.82, 2.24) is 9.80 Å². The molecule has 0 unspecified atom stereocenters. The Balaban J connectivity index is 3.39. The molecule has 5 nitrogen and oxygen atoms in total. The Morgan fingerprint density at radius 3 is 1.17 bits per heavy atom. The van der Waals surface area contributed by atoms with Crippen LogP contribution >= 0.6 is 0 Å². The summed E-state index contributed by atoms with van der Waals surface area (Å²) in [6, 6.07) is 0. The van der Waals surface area contributed by atoms with Gasteiger partial charge in [0.15, 0.2) is 0 Å². The molecule has 0 amide bonds. The lowest BCUT2D eigenvalue weighted by molar-refractivity contribution is 0.0265. The molecule has 182 valence electrons. The van der Waals surface area contributed by atoms with E-state index in [0.717, 1.165) is 26.1 Å². The fraction of sp³-hybridized carbons (Fsp3) is 1.00. The van der Waals surface area contributed by atoms with Gasteiger partial charge in [-0.2, -0.15) is 0 Å². The van der Waals surface area contributed by atoms with Gasteiger partial charge in [-0.3, -0.25) is 4.90 Å². The minimum absolute atomic E-state index is 0.102. The van der Waals surface area contributed by atoms with Crippen LogP contribution in [0.25, 0.3) is 0 Å². The largest absolute Gasteiger partial charge is 0.395 e. The smallest absolute Gasteiger partial charge is 0.0974 e. The summed E-state index contributed by atoms with van der Waals surface area (Å²) in [6.45, 7) is 5.63. The lowest BCUT2D eigenvalue weighted by Gasteiger charge is -2.23. The molecule has 0 heterocycles. The van der Waals surface area contributed by atoms with E-state index in [1.54, 1.807) is 4.90 Å². The van der Waals surface area contributed by atoms with Crippen LogP contribution in [0.5, 0.6) is 0 Å². The van der Waals surface area contributed by atoms with Crippen molar-refractivity contribution in [3.63, 3.8) is 0 Å². The van der Waals surface area contributed by atoms with Gasteiger partial charge in [0.05, 0.1) is 20.1 Å². The van der Waals surface area contributed by atoms with E-state index in [-0.39, 0.29) is 20.1 Å². The van der Waals surface area contributed by atoms with Crippen molar-refractivity contribution in [2.75, 3.05) is 46.2 Å². The third-order valence-electron chi connectivity index (χ3n) is 6.09. The molecule has 30 heavy (non-hydrogen) atoms. The summed E-state index contributed by atoms with van der Waals surface area (Å²) in [5.74, 6) is 0. The van der Waals surface area contributed by atoms with Crippen molar-refractivity contribution >= 4 is 0 Å². The first-order chi connectivity index (χ1) is 14.8. The van der Waals surface area contributed by atoms with Crippen LogP contribution in [0.1, 0.15) is 116 Å². The van der Waals surface area contributed by atoms with E-state index in [9.17, 15) is 5.11 Å². The Morgan fingerprint density at radius 1 is 0.400 bits per heavy atom. The average Bonchev–Trinajstić information content (AvgIpc) is 2.76. The number of aliphatic hydroxyl groups is 3. The zero-order chi connectivity index (χ0) is 22.1. The molecule has 0 rings (SSSR count). The molecule has 0 aromatic rings. The Labute approximate surface area is 187 Å². The minimum atomic E-state index is -0.102. The van der Waals surface area contributed by atoms with Gasteiger partial charge in [0, 0.05) is 13.1 Å². The van der Waals surface area contributed by atoms with Gasteiger partial charge in [0.25, 0.3) is 0 Å². The van der Waals surface area contributed by atoms with E-state index >= 15 is 0 Å². The van der Waals surface area contributed by atoms with Crippen LogP contribution in [0, 0.1) is 0 Å². The van der Waals surface area contributed by atoms with Crippen molar-refractivity contribution in [3.05, 3.63) is 0 Å². The number of nitrogens with zero attached hydrogens (tertiary/aromatic N) is 2. The Kier molecular flexibility index (Phi) is 24.9. The van der Waals surface area contributed by atoms with Crippen molar-refractivity contribution in [1.29, 1.82) is 0 Å². The Bertz CT molecular complexity index is 315. The summed E-state index contributed by atoms with van der Waals surface area (Å²) in [4.78, 5) is 3.91. The summed E-state index contributed by atoms with van der Waals surface area (Å²) >= 11 is 0. The Morgan fingerprint density at radius 2 is 0.767 bits per heavy atom. The van der Waals surface area contributed by atoms with Gasteiger partial charge in [-0.25, -0.2) is 0 Å². The fourth-order valence-corrected chi connectivity index (χ4v) is 4.06. The average molecular weight is 431 g/mol. The molecule has 3 N–H and O–H groups in total. The maximum Gasteiger partial charge on any atom is 0.0974 e. The van der Waals surface area contributed by atoms with E-state index in [1.165, 1.54) is 103 Å². The molecular weight excluding hydrogens is 376 g/mol. The fourth-order valence-electron chi connectivity index (χ4n) is 4.06. The normalized spacial score (nSPS) is 11.8. The Hall–Kier alpha value is -0.200. The second-order valence-electron chi connectivity index (χ2n) is 8.90. The van der Waals surface area contributed by atoms with Gasteiger partial charge in [0.1, 0.15) is 0 Å². The molecule has 5 heteroatoms. The zero-order valence-electron chi connectivity index (χ0n) is 20.2. The van der Waals surface area contributed by atoms with Crippen LogP contribution in [0.4, 0.5) is 0 Å². The third kappa shape index (κ3) is 21.0. The van der Waals surface area contributed by atoms with Crippen LogP contribution < -0.4 is 0 Å². The molecule has 0 aromatic heterocycles. The van der Waals surface area contributed by atoms with E-state index in [2.05, 4.69) is 11.8 Å². The lowest BCUT2D eigenvalue weighted by atomic mass is 10.0. The quantitative estimate of drug-likeness (QED) is 0.138. The molecule has 0 aliphatic heterocycles. The van der Waals surface area contributed by atoms with Crippen molar-refractivity contribution in [2.45, 2.75) is 116 Å². The molecule has 0 aliphatic rings. The van der Waals surface area contributed by atoms with Gasteiger partial charge in [-0.05, 0) is 25.9 Å². The molecular formula is C25H54N2O3. The first kappa shape index (κ1) is 29.8. The van der Waals surface area contributed by atoms with Crippen molar-refractivity contribution < 1.29 is 15.3 Å². The number of rotatable bonds is 25. The molecule has 0 spiro atoms. The highest BCUT2D eigenvalue weighted by Gasteiger charge is 2.06. The number of aliphatic hydroxyl groups excluding tert-OH is 3. The topological polar surface area (TPSA) is 67.2 Å². The van der Waals surface area contributed by atoms with Gasteiger partial charge < -0.3 is 20.2 Å². The van der Waals surface area contributed by atoms with Gasteiger partial charge in [-0.1, -0.05) is 103 Å². The van der Waals surface area contributed by atoms with Crippen LogP contribution in [0.3, 0.4) is 0 Å². The van der Waals surface area contributed by atoms with Gasteiger partial charge in [-0.15, -0.1) is 0 Å². The van der Waals surface area contributed by atoms with Crippen LogP contribution in [0.15, 0.2) is 0 Å². The highest BCUT2D eigenvalue weighted by atomic mass is 16.3. The predicted molar refractivity (Wildman–Crippen MR) is 129 cm³/mol. The minimum Gasteiger partial charge on any atom is -0.395 e. The second kappa shape index (κ2) is 25.1.